The lowest BCUT2D eigenvalue weighted by atomic mass is 10.2. The molecule has 1 aliphatic rings. The quantitative estimate of drug-likeness (QED) is 0.913. The molecule has 0 aromatic heterocycles. The number of nitrogens with two attached hydrogens (primary N) is 1. The van der Waals surface area contributed by atoms with Crippen LogP contribution in [0.2, 0.25) is 5.02 Å². The van der Waals surface area contributed by atoms with E-state index in [1.165, 1.54) is 18.4 Å². The summed E-state index contributed by atoms with van der Waals surface area (Å²) < 4.78 is 1.12. The molecule has 17 heavy (non-hydrogen) atoms. The van der Waals surface area contributed by atoms with Gasteiger partial charge in [-0.15, -0.1) is 12.4 Å². The highest BCUT2D eigenvalue weighted by Gasteiger charge is 2.23. The summed E-state index contributed by atoms with van der Waals surface area (Å²) in [5.74, 6) is 0. The minimum absolute atomic E-state index is 0. The number of halogens is 3. The maximum Gasteiger partial charge on any atom is 0.0410 e. The molecule has 1 saturated heterocycles. The van der Waals surface area contributed by atoms with Gasteiger partial charge < -0.3 is 5.73 Å². The van der Waals surface area contributed by atoms with Crippen LogP contribution in [0.3, 0.4) is 0 Å². The Balaban J connectivity index is 0.00000144. The molecule has 1 atom stereocenters. The van der Waals surface area contributed by atoms with Gasteiger partial charge >= 0.3 is 0 Å². The van der Waals surface area contributed by atoms with E-state index in [1.807, 2.05) is 18.2 Å². The van der Waals surface area contributed by atoms with Crippen LogP contribution in [-0.2, 0) is 6.54 Å². The topological polar surface area (TPSA) is 29.3 Å². The fourth-order valence-electron chi connectivity index (χ4n) is 2.25. The smallest absolute Gasteiger partial charge is 0.0410 e. The monoisotopic (exact) mass is 338 g/mol. The van der Waals surface area contributed by atoms with E-state index in [2.05, 4.69) is 20.8 Å². The van der Waals surface area contributed by atoms with Crippen molar-refractivity contribution in [1.82, 2.24) is 4.90 Å². The molecule has 0 amide bonds. The van der Waals surface area contributed by atoms with Crippen LogP contribution < -0.4 is 5.73 Å². The molecule has 0 spiro atoms. The SMILES string of the molecule is Cl.NCC1CCCN1Cc1cc(Cl)ccc1Br. The first-order valence-electron chi connectivity index (χ1n) is 5.58. The van der Waals surface area contributed by atoms with Crippen molar-refractivity contribution >= 4 is 39.9 Å². The van der Waals surface area contributed by atoms with Gasteiger partial charge in [-0.2, -0.15) is 0 Å². The van der Waals surface area contributed by atoms with E-state index in [0.29, 0.717) is 6.04 Å². The predicted octanol–water partition coefficient (Wildman–Crippen LogP) is 3.45. The molecule has 1 aliphatic heterocycles. The van der Waals surface area contributed by atoms with E-state index in [4.69, 9.17) is 17.3 Å². The predicted molar refractivity (Wildman–Crippen MR) is 78.9 cm³/mol. The number of hydrogen-bond acceptors (Lipinski definition) is 2. The van der Waals surface area contributed by atoms with Gasteiger partial charge in [0, 0.05) is 28.6 Å². The van der Waals surface area contributed by atoms with Crippen molar-refractivity contribution in [1.29, 1.82) is 0 Å². The van der Waals surface area contributed by atoms with E-state index in [-0.39, 0.29) is 12.4 Å². The highest BCUT2D eigenvalue weighted by Crippen LogP contribution is 2.25. The lowest BCUT2D eigenvalue weighted by Gasteiger charge is -2.23. The van der Waals surface area contributed by atoms with E-state index in [9.17, 15) is 0 Å². The molecule has 2 N–H and O–H groups in total. The van der Waals surface area contributed by atoms with E-state index in [1.54, 1.807) is 0 Å². The van der Waals surface area contributed by atoms with Gasteiger partial charge in [0.15, 0.2) is 0 Å². The van der Waals surface area contributed by atoms with Crippen LogP contribution in [0.15, 0.2) is 22.7 Å². The molecule has 0 saturated carbocycles. The second-order valence-corrected chi connectivity index (χ2v) is 5.53. The molecule has 1 aromatic rings. The second kappa shape index (κ2) is 6.95. The first kappa shape index (κ1) is 15.3. The minimum atomic E-state index is 0. The average molecular weight is 340 g/mol. The summed E-state index contributed by atoms with van der Waals surface area (Å²) in [6.07, 6.45) is 2.47. The van der Waals surface area contributed by atoms with Crippen LogP contribution in [0.4, 0.5) is 0 Å². The summed E-state index contributed by atoms with van der Waals surface area (Å²) in [4.78, 5) is 2.44. The van der Waals surface area contributed by atoms with Gasteiger partial charge in [0.2, 0.25) is 0 Å². The van der Waals surface area contributed by atoms with Gasteiger partial charge in [0.25, 0.3) is 0 Å². The molecule has 2 nitrogen and oxygen atoms in total. The van der Waals surface area contributed by atoms with Crippen LogP contribution in [0.5, 0.6) is 0 Å². The normalized spacial score (nSPS) is 20.3. The number of hydrogen-bond donors (Lipinski definition) is 1. The highest BCUT2D eigenvalue weighted by molar-refractivity contribution is 9.10. The van der Waals surface area contributed by atoms with Crippen LogP contribution in [0.1, 0.15) is 18.4 Å². The van der Waals surface area contributed by atoms with Crippen molar-refractivity contribution in [2.24, 2.45) is 5.73 Å². The van der Waals surface area contributed by atoms with Gasteiger partial charge in [0.05, 0.1) is 0 Å². The first-order valence-corrected chi connectivity index (χ1v) is 6.76. The molecule has 1 aromatic carbocycles. The van der Waals surface area contributed by atoms with Crippen molar-refractivity contribution in [2.45, 2.75) is 25.4 Å². The zero-order chi connectivity index (χ0) is 11.5. The van der Waals surface area contributed by atoms with Crippen molar-refractivity contribution < 1.29 is 0 Å². The molecule has 96 valence electrons. The summed E-state index contributed by atoms with van der Waals surface area (Å²) in [5, 5.41) is 0.793. The standard InChI is InChI=1S/C12H16BrClN2.ClH/c13-12-4-3-10(14)6-9(12)8-16-5-1-2-11(16)7-15;/h3-4,6,11H,1-2,5,7-8,15H2;1H. The second-order valence-electron chi connectivity index (χ2n) is 4.24. The Morgan fingerprint density at radius 2 is 2.24 bits per heavy atom. The Hall–Kier alpha value is 0.200. The Bertz CT molecular complexity index is 374. The number of rotatable bonds is 3. The van der Waals surface area contributed by atoms with Crippen molar-refractivity contribution in [3.8, 4) is 0 Å². The van der Waals surface area contributed by atoms with Crippen LogP contribution in [0, 0.1) is 0 Å². The fraction of sp³-hybridized carbons (Fsp3) is 0.500. The Morgan fingerprint density at radius 1 is 1.47 bits per heavy atom. The van der Waals surface area contributed by atoms with Gasteiger partial charge in [-0.1, -0.05) is 27.5 Å². The first-order chi connectivity index (χ1) is 7.70. The summed E-state index contributed by atoms with van der Waals surface area (Å²) in [6.45, 7) is 2.82. The van der Waals surface area contributed by atoms with Gasteiger partial charge in [-0.25, -0.2) is 0 Å². The molecule has 5 heteroatoms. The summed E-state index contributed by atoms with van der Waals surface area (Å²) >= 11 is 9.57. The highest BCUT2D eigenvalue weighted by atomic mass is 79.9. The summed E-state index contributed by atoms with van der Waals surface area (Å²) in [5.41, 5.74) is 7.01. The maximum atomic E-state index is 6.01. The largest absolute Gasteiger partial charge is 0.329 e. The Morgan fingerprint density at radius 3 is 2.94 bits per heavy atom. The van der Waals surface area contributed by atoms with Crippen molar-refractivity contribution in [2.75, 3.05) is 13.1 Å². The van der Waals surface area contributed by atoms with Crippen LogP contribution in [-0.4, -0.2) is 24.0 Å². The lowest BCUT2D eigenvalue weighted by Crippen LogP contribution is -2.34. The van der Waals surface area contributed by atoms with Gasteiger partial charge in [0.1, 0.15) is 0 Å². The number of nitrogens with zero attached hydrogens (tertiary/aromatic N) is 1. The minimum Gasteiger partial charge on any atom is -0.329 e. The zero-order valence-electron chi connectivity index (χ0n) is 9.53. The third-order valence-electron chi connectivity index (χ3n) is 3.15. The third-order valence-corrected chi connectivity index (χ3v) is 4.16. The molecule has 1 fully saturated rings. The van der Waals surface area contributed by atoms with E-state index >= 15 is 0 Å². The van der Waals surface area contributed by atoms with Crippen molar-refractivity contribution in [3.63, 3.8) is 0 Å². The zero-order valence-corrected chi connectivity index (χ0v) is 12.7. The third kappa shape index (κ3) is 3.83. The van der Waals surface area contributed by atoms with Gasteiger partial charge in [-0.05, 0) is 43.1 Å². The molecule has 0 bridgehead atoms. The molecular formula is C12H17BrCl2N2. The maximum absolute atomic E-state index is 6.01. The molecule has 0 radical (unpaired) electrons. The lowest BCUT2D eigenvalue weighted by molar-refractivity contribution is 0.250. The average Bonchev–Trinajstić information content (AvgIpc) is 2.71. The summed E-state index contributed by atoms with van der Waals surface area (Å²) in [7, 11) is 0. The molecule has 1 heterocycles. The Labute approximate surface area is 122 Å². The Kier molecular flexibility index (Phi) is 6.24. The summed E-state index contributed by atoms with van der Waals surface area (Å²) in [6, 6.07) is 6.47. The number of benzene rings is 1. The van der Waals surface area contributed by atoms with Gasteiger partial charge in [-0.3, -0.25) is 4.90 Å². The van der Waals surface area contributed by atoms with Crippen LogP contribution in [0.25, 0.3) is 0 Å². The molecule has 2 rings (SSSR count). The fourth-order valence-corrected chi connectivity index (χ4v) is 2.82. The molecule has 1 unspecified atom stereocenters. The van der Waals surface area contributed by atoms with E-state index < -0.39 is 0 Å². The molecule has 0 aliphatic carbocycles. The molecular weight excluding hydrogens is 323 g/mol. The number of likely N-dealkylation sites (tertiary alicyclic amines) is 1. The van der Waals surface area contributed by atoms with Crippen LogP contribution >= 0.6 is 39.9 Å². The van der Waals surface area contributed by atoms with E-state index in [0.717, 1.165) is 29.1 Å². The van der Waals surface area contributed by atoms with Crippen molar-refractivity contribution in [3.05, 3.63) is 33.3 Å².